The molecule has 0 spiro atoms. The molecule has 86 valence electrons. The summed E-state index contributed by atoms with van der Waals surface area (Å²) in [4.78, 5) is 0. The Labute approximate surface area is 90.6 Å². The molecule has 2 N–H and O–H groups in total. The van der Waals surface area contributed by atoms with Crippen LogP contribution < -0.4 is 5.73 Å². The molecule has 1 heterocycles. The third kappa shape index (κ3) is 3.00. The van der Waals surface area contributed by atoms with Crippen LogP contribution in [0, 0.1) is 5.92 Å². The Kier molecular flexibility index (Phi) is 4.71. The first-order chi connectivity index (χ1) is 7.22. The first-order valence-electron chi connectivity index (χ1n) is 5.32. The van der Waals surface area contributed by atoms with Gasteiger partial charge in [0, 0.05) is 26.7 Å². The van der Waals surface area contributed by atoms with E-state index in [-0.39, 0.29) is 0 Å². The van der Waals surface area contributed by atoms with Crippen molar-refractivity contribution in [2.45, 2.75) is 33.4 Å². The van der Waals surface area contributed by atoms with Crippen LogP contribution in [-0.2, 0) is 24.2 Å². The second-order valence-corrected chi connectivity index (χ2v) is 3.75. The highest BCUT2D eigenvalue weighted by molar-refractivity contribution is 4.96. The zero-order valence-electron chi connectivity index (χ0n) is 9.73. The number of methoxy groups -OCH3 is 1. The molecule has 1 unspecified atom stereocenters. The summed E-state index contributed by atoms with van der Waals surface area (Å²) in [6.07, 6.45) is 0.884. The average Bonchev–Trinajstić information content (AvgIpc) is 2.60. The SMILES string of the molecule is CCn1c(CN)nnc1CC(C)COC. The highest BCUT2D eigenvalue weighted by atomic mass is 16.5. The molecule has 0 aliphatic heterocycles. The number of hydrogen-bond acceptors (Lipinski definition) is 4. The quantitative estimate of drug-likeness (QED) is 0.749. The predicted octanol–water partition coefficient (Wildman–Crippen LogP) is 0.582. The Morgan fingerprint density at radius 2 is 2.07 bits per heavy atom. The van der Waals surface area contributed by atoms with Crippen LogP contribution in [0.5, 0.6) is 0 Å². The van der Waals surface area contributed by atoms with Gasteiger partial charge in [0.2, 0.25) is 0 Å². The van der Waals surface area contributed by atoms with Crippen molar-refractivity contribution in [2.75, 3.05) is 13.7 Å². The average molecular weight is 212 g/mol. The van der Waals surface area contributed by atoms with E-state index in [1.807, 2.05) is 0 Å². The van der Waals surface area contributed by atoms with Gasteiger partial charge in [-0.1, -0.05) is 6.92 Å². The minimum Gasteiger partial charge on any atom is -0.384 e. The molecule has 5 nitrogen and oxygen atoms in total. The molecular formula is C10H20N4O. The smallest absolute Gasteiger partial charge is 0.146 e. The maximum Gasteiger partial charge on any atom is 0.146 e. The largest absolute Gasteiger partial charge is 0.384 e. The standard InChI is InChI=1S/C10H20N4O/c1-4-14-9(5-8(2)7-15-3)12-13-10(14)6-11/h8H,4-7,11H2,1-3H3. The topological polar surface area (TPSA) is 66.0 Å². The molecule has 0 aromatic carbocycles. The van der Waals surface area contributed by atoms with E-state index in [0.717, 1.165) is 31.2 Å². The van der Waals surface area contributed by atoms with E-state index in [0.29, 0.717) is 12.5 Å². The van der Waals surface area contributed by atoms with Gasteiger partial charge in [-0.3, -0.25) is 0 Å². The van der Waals surface area contributed by atoms with E-state index >= 15 is 0 Å². The summed E-state index contributed by atoms with van der Waals surface area (Å²) < 4.78 is 7.18. The van der Waals surface area contributed by atoms with Crippen molar-refractivity contribution in [1.82, 2.24) is 14.8 Å². The summed E-state index contributed by atoms with van der Waals surface area (Å²) in [6.45, 7) is 6.27. The van der Waals surface area contributed by atoms with Gasteiger partial charge in [-0.2, -0.15) is 0 Å². The minimum absolute atomic E-state index is 0.444. The third-order valence-corrected chi connectivity index (χ3v) is 2.39. The second-order valence-electron chi connectivity index (χ2n) is 3.75. The number of nitrogens with two attached hydrogens (primary N) is 1. The van der Waals surface area contributed by atoms with Gasteiger partial charge in [0.15, 0.2) is 0 Å². The Morgan fingerprint density at radius 3 is 2.60 bits per heavy atom. The van der Waals surface area contributed by atoms with Crippen LogP contribution in [-0.4, -0.2) is 28.5 Å². The lowest BCUT2D eigenvalue weighted by Gasteiger charge is -2.11. The number of hydrogen-bond donors (Lipinski definition) is 1. The normalized spacial score (nSPS) is 13.1. The van der Waals surface area contributed by atoms with Crippen LogP contribution in [0.4, 0.5) is 0 Å². The van der Waals surface area contributed by atoms with Gasteiger partial charge in [0.1, 0.15) is 11.6 Å². The minimum atomic E-state index is 0.444. The van der Waals surface area contributed by atoms with Crippen LogP contribution in [0.25, 0.3) is 0 Å². The van der Waals surface area contributed by atoms with Crippen molar-refractivity contribution >= 4 is 0 Å². The molecular weight excluding hydrogens is 192 g/mol. The monoisotopic (exact) mass is 212 g/mol. The fourth-order valence-electron chi connectivity index (χ4n) is 1.69. The molecule has 0 aliphatic carbocycles. The van der Waals surface area contributed by atoms with Gasteiger partial charge in [-0.05, 0) is 12.8 Å². The summed E-state index contributed by atoms with van der Waals surface area (Å²) >= 11 is 0. The maximum absolute atomic E-state index is 5.58. The number of ether oxygens (including phenoxy) is 1. The number of rotatable bonds is 6. The highest BCUT2D eigenvalue weighted by Crippen LogP contribution is 2.08. The Hall–Kier alpha value is -0.940. The second kappa shape index (κ2) is 5.82. The van der Waals surface area contributed by atoms with Gasteiger partial charge in [0.25, 0.3) is 0 Å². The molecule has 5 heteroatoms. The van der Waals surface area contributed by atoms with E-state index < -0.39 is 0 Å². The molecule has 1 aromatic rings. The summed E-state index contributed by atoms with van der Waals surface area (Å²) in [5, 5.41) is 8.22. The van der Waals surface area contributed by atoms with Crippen molar-refractivity contribution in [2.24, 2.45) is 11.7 Å². The summed E-state index contributed by atoms with van der Waals surface area (Å²) in [5.41, 5.74) is 5.58. The lowest BCUT2D eigenvalue weighted by molar-refractivity contribution is 0.158. The van der Waals surface area contributed by atoms with E-state index in [4.69, 9.17) is 10.5 Å². The summed E-state index contributed by atoms with van der Waals surface area (Å²) in [5.74, 6) is 2.31. The van der Waals surface area contributed by atoms with Gasteiger partial charge >= 0.3 is 0 Å². The molecule has 0 aliphatic rings. The molecule has 0 radical (unpaired) electrons. The molecule has 1 rings (SSSR count). The van der Waals surface area contributed by atoms with Crippen molar-refractivity contribution in [1.29, 1.82) is 0 Å². The molecule has 0 saturated heterocycles. The number of aromatic nitrogens is 3. The molecule has 1 aromatic heterocycles. The fourth-order valence-corrected chi connectivity index (χ4v) is 1.69. The van der Waals surface area contributed by atoms with Crippen molar-refractivity contribution in [3.8, 4) is 0 Å². The molecule has 15 heavy (non-hydrogen) atoms. The molecule has 1 atom stereocenters. The zero-order chi connectivity index (χ0) is 11.3. The number of nitrogens with zero attached hydrogens (tertiary/aromatic N) is 3. The Bertz CT molecular complexity index is 298. The lowest BCUT2D eigenvalue weighted by atomic mass is 10.1. The maximum atomic E-state index is 5.58. The van der Waals surface area contributed by atoms with Gasteiger partial charge in [0.05, 0.1) is 6.54 Å². The first kappa shape index (κ1) is 12.1. The molecule has 0 bridgehead atoms. The summed E-state index contributed by atoms with van der Waals surface area (Å²) in [6, 6.07) is 0. The van der Waals surface area contributed by atoms with E-state index in [9.17, 15) is 0 Å². The third-order valence-electron chi connectivity index (χ3n) is 2.39. The Balaban J connectivity index is 2.71. The summed E-state index contributed by atoms with van der Waals surface area (Å²) in [7, 11) is 1.71. The van der Waals surface area contributed by atoms with Crippen molar-refractivity contribution < 1.29 is 4.74 Å². The lowest BCUT2D eigenvalue weighted by Crippen LogP contribution is -2.14. The van der Waals surface area contributed by atoms with E-state index in [1.54, 1.807) is 7.11 Å². The van der Waals surface area contributed by atoms with Crippen LogP contribution in [0.3, 0.4) is 0 Å². The van der Waals surface area contributed by atoms with E-state index in [1.165, 1.54) is 0 Å². The van der Waals surface area contributed by atoms with Gasteiger partial charge < -0.3 is 15.0 Å². The van der Waals surface area contributed by atoms with Crippen LogP contribution in [0.15, 0.2) is 0 Å². The van der Waals surface area contributed by atoms with Crippen LogP contribution in [0.2, 0.25) is 0 Å². The predicted molar refractivity (Wildman–Crippen MR) is 58.3 cm³/mol. The molecule has 0 fully saturated rings. The van der Waals surface area contributed by atoms with E-state index in [2.05, 4.69) is 28.6 Å². The van der Waals surface area contributed by atoms with Crippen LogP contribution in [0.1, 0.15) is 25.5 Å². The van der Waals surface area contributed by atoms with Gasteiger partial charge in [-0.25, -0.2) is 0 Å². The Morgan fingerprint density at radius 1 is 1.40 bits per heavy atom. The van der Waals surface area contributed by atoms with Gasteiger partial charge in [-0.15, -0.1) is 10.2 Å². The molecule has 0 amide bonds. The molecule has 0 saturated carbocycles. The van der Waals surface area contributed by atoms with Crippen molar-refractivity contribution in [3.05, 3.63) is 11.6 Å². The highest BCUT2D eigenvalue weighted by Gasteiger charge is 2.12. The zero-order valence-corrected chi connectivity index (χ0v) is 9.73. The van der Waals surface area contributed by atoms with Crippen LogP contribution >= 0.6 is 0 Å². The van der Waals surface area contributed by atoms with Crippen molar-refractivity contribution in [3.63, 3.8) is 0 Å². The fraction of sp³-hybridized carbons (Fsp3) is 0.800. The first-order valence-corrected chi connectivity index (χ1v) is 5.32.